The molecule has 18 heavy (non-hydrogen) atoms. The third kappa shape index (κ3) is 3.20. The first-order valence-corrected chi connectivity index (χ1v) is 7.45. The van der Waals surface area contributed by atoms with Crippen LogP contribution >= 0.6 is 11.5 Å². The average molecular weight is 269 g/mol. The Labute approximate surface area is 114 Å². The highest BCUT2D eigenvalue weighted by molar-refractivity contribution is 7.09. The Morgan fingerprint density at radius 2 is 2.22 bits per heavy atom. The molecule has 5 heteroatoms. The second-order valence-electron chi connectivity index (χ2n) is 5.91. The monoisotopic (exact) mass is 269 g/mol. The summed E-state index contributed by atoms with van der Waals surface area (Å²) in [5.41, 5.74) is 0.0409. The number of hydrogen-bond donors (Lipinski definition) is 0. The summed E-state index contributed by atoms with van der Waals surface area (Å²) >= 11 is 1.52. The minimum Gasteiger partial charge on any atom is -0.381 e. The van der Waals surface area contributed by atoms with Gasteiger partial charge in [0.2, 0.25) is 5.13 Å². The van der Waals surface area contributed by atoms with Gasteiger partial charge in [-0.1, -0.05) is 20.8 Å². The molecule has 0 bridgehead atoms. The summed E-state index contributed by atoms with van der Waals surface area (Å²) < 4.78 is 9.98. The lowest BCUT2D eigenvalue weighted by atomic mass is 9.96. The van der Waals surface area contributed by atoms with Crippen molar-refractivity contribution in [3.63, 3.8) is 0 Å². The van der Waals surface area contributed by atoms with E-state index in [1.54, 1.807) is 0 Å². The molecule has 0 spiro atoms. The van der Waals surface area contributed by atoms with Gasteiger partial charge < -0.3 is 9.64 Å². The first-order valence-electron chi connectivity index (χ1n) is 6.67. The Bertz CT molecular complexity index is 386. The van der Waals surface area contributed by atoms with Crippen LogP contribution in [-0.4, -0.2) is 35.7 Å². The number of aromatic nitrogens is 2. The summed E-state index contributed by atoms with van der Waals surface area (Å²) in [4.78, 5) is 7.01. The van der Waals surface area contributed by atoms with Gasteiger partial charge in [0.1, 0.15) is 5.82 Å². The third-order valence-corrected chi connectivity index (χ3v) is 3.98. The molecule has 1 saturated heterocycles. The predicted octanol–water partition coefficient (Wildman–Crippen LogP) is 2.70. The first kappa shape index (κ1) is 13.7. The van der Waals surface area contributed by atoms with Crippen molar-refractivity contribution < 1.29 is 4.74 Å². The van der Waals surface area contributed by atoms with Gasteiger partial charge in [0.05, 0.1) is 6.61 Å². The van der Waals surface area contributed by atoms with Crippen LogP contribution in [0.5, 0.6) is 0 Å². The molecule has 1 aliphatic heterocycles. The van der Waals surface area contributed by atoms with Crippen LogP contribution in [0.4, 0.5) is 5.13 Å². The standard InChI is InChI=1S/C13H23N3OS/c1-5-17-9-10-6-7-16(8-10)12-14-11(15-18-12)13(2,3)4/h10H,5-9H2,1-4H3. The fraction of sp³-hybridized carbons (Fsp3) is 0.846. The molecule has 0 N–H and O–H groups in total. The summed E-state index contributed by atoms with van der Waals surface area (Å²) in [6.07, 6.45) is 1.20. The van der Waals surface area contributed by atoms with E-state index in [1.165, 1.54) is 18.0 Å². The predicted molar refractivity (Wildman–Crippen MR) is 75.4 cm³/mol. The van der Waals surface area contributed by atoms with Gasteiger partial charge in [-0.3, -0.25) is 0 Å². The molecule has 0 saturated carbocycles. The number of hydrogen-bond acceptors (Lipinski definition) is 5. The van der Waals surface area contributed by atoms with Crippen molar-refractivity contribution in [1.82, 2.24) is 9.36 Å². The van der Waals surface area contributed by atoms with Gasteiger partial charge in [-0.2, -0.15) is 4.37 Å². The zero-order valence-electron chi connectivity index (χ0n) is 11.8. The van der Waals surface area contributed by atoms with Gasteiger partial charge in [0.25, 0.3) is 0 Å². The first-order chi connectivity index (χ1) is 8.50. The molecule has 1 aliphatic rings. The van der Waals surface area contributed by atoms with E-state index in [1.807, 2.05) is 6.92 Å². The molecule has 1 unspecified atom stereocenters. The molecule has 2 heterocycles. The Morgan fingerprint density at radius 3 is 2.83 bits per heavy atom. The summed E-state index contributed by atoms with van der Waals surface area (Å²) in [6, 6.07) is 0. The minimum absolute atomic E-state index is 0.0409. The van der Waals surface area contributed by atoms with Crippen LogP contribution in [0.3, 0.4) is 0 Å². The quantitative estimate of drug-likeness (QED) is 0.842. The molecule has 1 atom stereocenters. The Kier molecular flexibility index (Phi) is 4.22. The van der Waals surface area contributed by atoms with Crippen LogP contribution in [-0.2, 0) is 10.2 Å². The van der Waals surface area contributed by atoms with Crippen LogP contribution < -0.4 is 4.90 Å². The highest BCUT2D eigenvalue weighted by Gasteiger charge is 2.27. The van der Waals surface area contributed by atoms with E-state index in [9.17, 15) is 0 Å². The summed E-state index contributed by atoms with van der Waals surface area (Å²) in [5.74, 6) is 1.60. The lowest BCUT2D eigenvalue weighted by Crippen LogP contribution is -2.21. The molecule has 4 nitrogen and oxygen atoms in total. The van der Waals surface area contributed by atoms with Crippen molar-refractivity contribution >= 4 is 16.7 Å². The number of nitrogens with zero attached hydrogens (tertiary/aromatic N) is 3. The largest absolute Gasteiger partial charge is 0.381 e. The van der Waals surface area contributed by atoms with Crippen molar-refractivity contribution in [3.8, 4) is 0 Å². The van der Waals surface area contributed by atoms with Crippen LogP contribution in [0.2, 0.25) is 0 Å². The van der Waals surface area contributed by atoms with E-state index in [2.05, 4.69) is 35.0 Å². The maximum absolute atomic E-state index is 5.50. The number of ether oxygens (including phenoxy) is 1. The highest BCUT2D eigenvalue weighted by Crippen LogP contribution is 2.29. The zero-order valence-corrected chi connectivity index (χ0v) is 12.6. The maximum Gasteiger partial charge on any atom is 0.205 e. The summed E-state index contributed by atoms with van der Waals surface area (Å²) in [6.45, 7) is 12.3. The molecular weight excluding hydrogens is 246 g/mol. The summed E-state index contributed by atoms with van der Waals surface area (Å²) in [5, 5.41) is 1.07. The molecule has 1 aromatic heterocycles. The molecule has 1 fully saturated rings. The zero-order chi connectivity index (χ0) is 13.2. The number of anilines is 1. The van der Waals surface area contributed by atoms with Gasteiger partial charge in [0, 0.05) is 42.6 Å². The van der Waals surface area contributed by atoms with Crippen LogP contribution in [0, 0.1) is 5.92 Å². The summed E-state index contributed by atoms with van der Waals surface area (Å²) in [7, 11) is 0. The van der Waals surface area contributed by atoms with E-state index >= 15 is 0 Å². The van der Waals surface area contributed by atoms with Crippen molar-refractivity contribution in [3.05, 3.63) is 5.82 Å². The fourth-order valence-electron chi connectivity index (χ4n) is 2.08. The van der Waals surface area contributed by atoms with E-state index < -0.39 is 0 Å². The van der Waals surface area contributed by atoms with Gasteiger partial charge in [-0.05, 0) is 13.3 Å². The maximum atomic E-state index is 5.50. The smallest absolute Gasteiger partial charge is 0.205 e. The van der Waals surface area contributed by atoms with Crippen molar-refractivity contribution in [2.75, 3.05) is 31.2 Å². The number of rotatable bonds is 4. The van der Waals surface area contributed by atoms with Gasteiger partial charge >= 0.3 is 0 Å². The molecule has 1 aromatic rings. The Morgan fingerprint density at radius 1 is 1.44 bits per heavy atom. The second-order valence-corrected chi connectivity index (χ2v) is 6.64. The minimum atomic E-state index is 0.0409. The van der Waals surface area contributed by atoms with E-state index in [4.69, 9.17) is 4.74 Å². The topological polar surface area (TPSA) is 38.2 Å². The van der Waals surface area contributed by atoms with E-state index in [-0.39, 0.29) is 5.41 Å². The molecular formula is C13H23N3OS. The normalized spacial score (nSPS) is 20.7. The second kappa shape index (κ2) is 5.53. The Hall–Kier alpha value is -0.680. The van der Waals surface area contributed by atoms with Gasteiger partial charge in [-0.25, -0.2) is 4.98 Å². The molecule has 2 rings (SSSR count). The molecule has 102 valence electrons. The highest BCUT2D eigenvalue weighted by atomic mass is 32.1. The van der Waals surface area contributed by atoms with Gasteiger partial charge in [0.15, 0.2) is 0 Å². The lowest BCUT2D eigenvalue weighted by molar-refractivity contribution is 0.117. The molecule has 0 aromatic carbocycles. The van der Waals surface area contributed by atoms with E-state index in [0.29, 0.717) is 5.92 Å². The van der Waals surface area contributed by atoms with Crippen molar-refractivity contribution in [1.29, 1.82) is 0 Å². The average Bonchev–Trinajstić information content (AvgIpc) is 2.93. The van der Waals surface area contributed by atoms with Crippen LogP contribution in [0.15, 0.2) is 0 Å². The Balaban J connectivity index is 1.95. The molecule has 0 amide bonds. The van der Waals surface area contributed by atoms with Crippen LogP contribution in [0.25, 0.3) is 0 Å². The van der Waals surface area contributed by atoms with Crippen molar-refractivity contribution in [2.24, 2.45) is 5.92 Å². The fourth-order valence-corrected chi connectivity index (χ4v) is 2.97. The molecule has 0 radical (unpaired) electrons. The van der Waals surface area contributed by atoms with Gasteiger partial charge in [-0.15, -0.1) is 0 Å². The van der Waals surface area contributed by atoms with Crippen molar-refractivity contribution in [2.45, 2.75) is 39.5 Å². The SMILES string of the molecule is CCOCC1CCN(c2nc(C(C)(C)C)ns2)C1. The third-order valence-electron chi connectivity index (χ3n) is 3.20. The lowest BCUT2D eigenvalue weighted by Gasteiger charge is -2.15. The molecule has 0 aliphatic carbocycles. The van der Waals surface area contributed by atoms with Crippen LogP contribution in [0.1, 0.15) is 39.9 Å². The van der Waals surface area contributed by atoms with E-state index in [0.717, 1.165) is 37.3 Å².